The number of hydrogen-bond donors (Lipinski definition) is 0. The van der Waals surface area contributed by atoms with Crippen molar-refractivity contribution in [3.8, 4) is 5.69 Å². The summed E-state index contributed by atoms with van der Waals surface area (Å²) in [6.45, 7) is 6.03. The van der Waals surface area contributed by atoms with Crippen LogP contribution >= 0.6 is 0 Å². The van der Waals surface area contributed by atoms with E-state index in [4.69, 9.17) is 0 Å². The van der Waals surface area contributed by atoms with Crippen LogP contribution in [0.3, 0.4) is 0 Å². The van der Waals surface area contributed by atoms with E-state index in [0.717, 1.165) is 0 Å². The Morgan fingerprint density at radius 3 is 2.50 bits per heavy atom. The van der Waals surface area contributed by atoms with E-state index in [1.54, 1.807) is 17.1 Å². The highest BCUT2D eigenvalue weighted by Crippen LogP contribution is 2.15. The molecule has 0 saturated carbocycles. The molecule has 2 heterocycles. The van der Waals surface area contributed by atoms with E-state index in [0.29, 0.717) is 11.3 Å². The van der Waals surface area contributed by atoms with Crippen molar-refractivity contribution in [3.05, 3.63) is 46.6 Å². The molecule has 0 aliphatic carbocycles. The zero-order valence-corrected chi connectivity index (χ0v) is 12.0. The fourth-order valence-corrected chi connectivity index (χ4v) is 1.73. The second kappa shape index (κ2) is 4.96. The van der Waals surface area contributed by atoms with E-state index < -0.39 is 5.97 Å². The van der Waals surface area contributed by atoms with Gasteiger partial charge in [-0.05, 0) is 26.8 Å². The summed E-state index contributed by atoms with van der Waals surface area (Å²) in [7, 11) is 1.30. The van der Waals surface area contributed by atoms with E-state index in [-0.39, 0.29) is 11.1 Å². The minimum atomic E-state index is -0.484. The van der Waals surface area contributed by atoms with Gasteiger partial charge in [-0.15, -0.1) is 0 Å². The zero-order valence-electron chi connectivity index (χ0n) is 12.0. The second-order valence-electron chi connectivity index (χ2n) is 5.43. The monoisotopic (exact) mass is 275 g/mol. The summed E-state index contributed by atoms with van der Waals surface area (Å²) in [6.07, 6.45) is 4.81. The molecule has 6 heteroatoms. The van der Waals surface area contributed by atoms with Gasteiger partial charge in [-0.1, -0.05) is 0 Å². The fourth-order valence-electron chi connectivity index (χ4n) is 1.73. The normalized spacial score (nSPS) is 11.4. The third-order valence-corrected chi connectivity index (χ3v) is 2.87. The van der Waals surface area contributed by atoms with Crippen LogP contribution in [-0.2, 0) is 10.3 Å². The lowest BCUT2D eigenvalue weighted by molar-refractivity contribution is 0.0600. The maximum atomic E-state index is 11.9. The summed E-state index contributed by atoms with van der Waals surface area (Å²) in [5, 5.41) is 4.24. The molecule has 0 atom stereocenters. The predicted molar refractivity (Wildman–Crippen MR) is 74.2 cm³/mol. The lowest BCUT2D eigenvalue weighted by Crippen LogP contribution is -2.22. The zero-order chi connectivity index (χ0) is 14.9. The number of aromatic nitrogens is 3. The van der Waals surface area contributed by atoms with Crippen molar-refractivity contribution in [1.82, 2.24) is 14.3 Å². The number of carbonyl (C=O) groups is 1. The van der Waals surface area contributed by atoms with Crippen molar-refractivity contribution >= 4 is 5.97 Å². The van der Waals surface area contributed by atoms with Crippen molar-refractivity contribution in [1.29, 1.82) is 0 Å². The van der Waals surface area contributed by atoms with Gasteiger partial charge in [0.2, 0.25) is 0 Å². The van der Waals surface area contributed by atoms with E-state index >= 15 is 0 Å². The molecule has 0 fully saturated rings. The Labute approximate surface area is 116 Å². The van der Waals surface area contributed by atoms with Crippen LogP contribution in [0.25, 0.3) is 5.69 Å². The van der Waals surface area contributed by atoms with Crippen LogP contribution in [0.15, 0.2) is 35.5 Å². The first kappa shape index (κ1) is 14.0. The number of nitrogens with zero attached hydrogens (tertiary/aromatic N) is 3. The van der Waals surface area contributed by atoms with E-state index in [1.165, 1.54) is 30.0 Å². The molecule has 0 amide bonds. The molecule has 0 aliphatic rings. The molecule has 0 saturated heterocycles. The van der Waals surface area contributed by atoms with Gasteiger partial charge >= 0.3 is 5.97 Å². The summed E-state index contributed by atoms with van der Waals surface area (Å²) in [4.78, 5) is 23.4. The van der Waals surface area contributed by atoms with E-state index in [9.17, 15) is 9.59 Å². The quantitative estimate of drug-likeness (QED) is 0.780. The predicted octanol–water partition coefficient (Wildman–Crippen LogP) is 1.58. The Balaban J connectivity index is 2.50. The van der Waals surface area contributed by atoms with E-state index in [2.05, 4.69) is 9.84 Å². The van der Waals surface area contributed by atoms with Crippen molar-refractivity contribution in [3.63, 3.8) is 0 Å². The Morgan fingerprint density at radius 1 is 1.25 bits per heavy atom. The number of hydrogen-bond acceptors (Lipinski definition) is 4. The average molecular weight is 275 g/mol. The molecular weight excluding hydrogens is 258 g/mol. The standard InChI is InChI=1S/C14H17N3O3/c1-14(2,3)17-9-11(7-15-17)16-8-10(13(19)20-4)5-6-12(16)18/h5-9H,1-4H3. The fraction of sp³-hybridized carbons (Fsp3) is 0.357. The lowest BCUT2D eigenvalue weighted by atomic mass is 10.1. The maximum Gasteiger partial charge on any atom is 0.339 e. The van der Waals surface area contributed by atoms with Gasteiger partial charge in [0.15, 0.2) is 0 Å². The SMILES string of the molecule is COC(=O)c1ccc(=O)n(-c2cnn(C(C)(C)C)c2)c1. The highest BCUT2D eigenvalue weighted by molar-refractivity contribution is 5.88. The number of carbonyl (C=O) groups excluding carboxylic acids is 1. The molecule has 0 unspecified atom stereocenters. The summed E-state index contributed by atoms with van der Waals surface area (Å²) >= 11 is 0. The Morgan fingerprint density at radius 2 is 1.95 bits per heavy atom. The summed E-state index contributed by atoms with van der Waals surface area (Å²) < 4.78 is 7.79. The molecule has 106 valence electrons. The van der Waals surface area contributed by atoms with Gasteiger partial charge in [0, 0.05) is 18.5 Å². The molecule has 2 aromatic heterocycles. The first-order valence-electron chi connectivity index (χ1n) is 6.19. The number of pyridine rings is 1. The molecule has 0 aromatic carbocycles. The van der Waals surface area contributed by atoms with Crippen molar-refractivity contribution < 1.29 is 9.53 Å². The Kier molecular flexibility index (Phi) is 3.48. The van der Waals surface area contributed by atoms with Crippen LogP contribution < -0.4 is 5.56 Å². The molecule has 0 spiro atoms. The molecule has 2 aromatic rings. The molecule has 0 radical (unpaired) electrons. The van der Waals surface area contributed by atoms with Crippen LogP contribution in [0.1, 0.15) is 31.1 Å². The number of rotatable bonds is 2. The van der Waals surface area contributed by atoms with Gasteiger partial charge in [-0.25, -0.2) is 4.79 Å². The van der Waals surface area contributed by atoms with Gasteiger partial charge in [0.1, 0.15) is 0 Å². The van der Waals surface area contributed by atoms with Crippen LogP contribution in [0.5, 0.6) is 0 Å². The maximum absolute atomic E-state index is 11.9. The third-order valence-electron chi connectivity index (χ3n) is 2.87. The van der Waals surface area contributed by atoms with Crippen LogP contribution in [0, 0.1) is 0 Å². The van der Waals surface area contributed by atoms with Crippen molar-refractivity contribution in [2.24, 2.45) is 0 Å². The van der Waals surface area contributed by atoms with Crippen molar-refractivity contribution in [2.45, 2.75) is 26.3 Å². The highest BCUT2D eigenvalue weighted by atomic mass is 16.5. The van der Waals surface area contributed by atoms with Crippen LogP contribution in [0.4, 0.5) is 0 Å². The molecule has 6 nitrogen and oxygen atoms in total. The second-order valence-corrected chi connectivity index (χ2v) is 5.43. The molecule has 20 heavy (non-hydrogen) atoms. The largest absolute Gasteiger partial charge is 0.465 e. The Hall–Kier alpha value is -2.37. The van der Waals surface area contributed by atoms with Gasteiger partial charge < -0.3 is 4.74 Å². The number of ether oxygens (including phenoxy) is 1. The highest BCUT2D eigenvalue weighted by Gasteiger charge is 2.15. The van der Waals surface area contributed by atoms with Crippen molar-refractivity contribution in [2.75, 3.05) is 7.11 Å². The van der Waals surface area contributed by atoms with Gasteiger partial charge in [-0.2, -0.15) is 5.10 Å². The molecule has 0 aliphatic heterocycles. The molecule has 0 N–H and O–H groups in total. The minimum absolute atomic E-state index is 0.179. The lowest BCUT2D eigenvalue weighted by Gasteiger charge is -2.18. The molecule has 2 rings (SSSR count). The first-order valence-corrected chi connectivity index (χ1v) is 6.19. The van der Waals surface area contributed by atoms with Gasteiger partial charge in [-0.3, -0.25) is 14.0 Å². The smallest absolute Gasteiger partial charge is 0.339 e. The number of methoxy groups -OCH3 is 1. The summed E-state index contributed by atoms with van der Waals surface area (Å²) in [5.74, 6) is -0.484. The van der Waals surface area contributed by atoms with Crippen LogP contribution in [-0.4, -0.2) is 27.4 Å². The molecular formula is C14H17N3O3. The third kappa shape index (κ3) is 2.64. The van der Waals surface area contributed by atoms with Gasteiger partial charge in [0.25, 0.3) is 5.56 Å². The number of esters is 1. The summed E-state index contributed by atoms with van der Waals surface area (Å²) in [6, 6.07) is 2.78. The topological polar surface area (TPSA) is 66.1 Å². The Bertz CT molecular complexity index is 692. The van der Waals surface area contributed by atoms with Gasteiger partial charge in [0.05, 0.1) is 30.1 Å². The average Bonchev–Trinajstić information content (AvgIpc) is 2.87. The van der Waals surface area contributed by atoms with Crippen LogP contribution in [0.2, 0.25) is 0 Å². The first-order chi connectivity index (χ1) is 9.32. The van der Waals surface area contributed by atoms with E-state index in [1.807, 2.05) is 20.8 Å². The minimum Gasteiger partial charge on any atom is -0.465 e. The summed E-state index contributed by atoms with van der Waals surface area (Å²) in [5.41, 5.74) is 0.513. The molecule has 0 bridgehead atoms.